The van der Waals surface area contributed by atoms with Crippen LogP contribution in [-0.2, 0) is 6.42 Å². The number of benzene rings is 6. The van der Waals surface area contributed by atoms with Crippen LogP contribution in [0.4, 0.5) is 0 Å². The fraction of sp³-hybridized carbons (Fsp3) is 0.238. The highest BCUT2D eigenvalue weighted by Gasteiger charge is 2.27. The summed E-state index contributed by atoms with van der Waals surface area (Å²) in [6.07, 6.45) is 28.9. The van der Waals surface area contributed by atoms with Gasteiger partial charge < -0.3 is 0 Å². The van der Waals surface area contributed by atoms with Crippen LogP contribution in [0, 0.1) is 11.8 Å². The predicted octanol–water partition coefficient (Wildman–Crippen LogP) is 17.4. The van der Waals surface area contributed by atoms with Crippen molar-refractivity contribution in [1.82, 2.24) is 0 Å². The van der Waals surface area contributed by atoms with Crippen LogP contribution in [0.3, 0.4) is 0 Å². The zero-order valence-corrected chi connectivity index (χ0v) is 38.6. The molecule has 0 amide bonds. The molecule has 0 heteroatoms. The molecule has 0 saturated carbocycles. The molecule has 0 N–H and O–H groups in total. The summed E-state index contributed by atoms with van der Waals surface area (Å²) >= 11 is 0. The highest BCUT2D eigenvalue weighted by Crippen LogP contribution is 2.44. The van der Waals surface area contributed by atoms with Gasteiger partial charge in [0.1, 0.15) is 0 Å². The smallest absolute Gasteiger partial charge is 0.0275 e. The molecule has 0 aliphatic heterocycles. The van der Waals surface area contributed by atoms with E-state index in [4.69, 9.17) is 0 Å². The van der Waals surface area contributed by atoms with E-state index in [1.165, 1.54) is 111 Å². The van der Waals surface area contributed by atoms with Crippen molar-refractivity contribution in [2.75, 3.05) is 0 Å². The normalized spacial score (nSPS) is 19.3. The van der Waals surface area contributed by atoms with Gasteiger partial charge in [-0.15, -0.1) is 0 Å². The van der Waals surface area contributed by atoms with E-state index in [9.17, 15) is 0 Å². The highest BCUT2D eigenvalue weighted by molar-refractivity contribution is 6.16. The van der Waals surface area contributed by atoms with Gasteiger partial charge in [0.2, 0.25) is 0 Å². The van der Waals surface area contributed by atoms with Gasteiger partial charge in [0.05, 0.1) is 0 Å². The minimum atomic E-state index is 0.0860. The number of allylic oxidation sites excluding steroid dienone is 15. The maximum atomic E-state index is 4.42. The van der Waals surface area contributed by atoms with E-state index in [0.717, 1.165) is 25.7 Å². The number of rotatable bonds is 11. The molecular formula is C63H64. The molecule has 9 rings (SSSR count). The van der Waals surface area contributed by atoms with Gasteiger partial charge in [0, 0.05) is 5.92 Å². The van der Waals surface area contributed by atoms with Gasteiger partial charge in [-0.25, -0.2) is 0 Å². The Balaban J connectivity index is 0.00000268. The van der Waals surface area contributed by atoms with Crippen molar-refractivity contribution in [2.24, 2.45) is 11.8 Å². The van der Waals surface area contributed by atoms with Gasteiger partial charge in [-0.1, -0.05) is 198 Å². The summed E-state index contributed by atoms with van der Waals surface area (Å²) in [6.45, 7) is 19.5. The van der Waals surface area contributed by atoms with Crippen molar-refractivity contribution >= 4 is 27.6 Å². The lowest BCUT2D eigenvalue weighted by Gasteiger charge is -2.31. The lowest BCUT2D eigenvalue weighted by atomic mass is 9.74. The predicted molar refractivity (Wildman–Crippen MR) is 277 cm³/mol. The van der Waals surface area contributed by atoms with Crippen molar-refractivity contribution in [1.29, 1.82) is 0 Å². The average Bonchev–Trinajstić information content (AvgIpc) is 3.32. The molecule has 0 saturated heterocycles. The maximum Gasteiger partial charge on any atom is 0.0275 e. The first-order valence-electron chi connectivity index (χ1n) is 23.6. The molecule has 3 unspecified atom stereocenters. The van der Waals surface area contributed by atoms with E-state index in [-0.39, 0.29) is 5.92 Å². The summed E-state index contributed by atoms with van der Waals surface area (Å²) in [5.41, 5.74) is 18.2. The first kappa shape index (κ1) is 43.4. The van der Waals surface area contributed by atoms with E-state index in [0.29, 0.717) is 11.8 Å². The second-order valence-electron chi connectivity index (χ2n) is 17.3. The quantitative estimate of drug-likeness (QED) is 0.114. The zero-order valence-electron chi connectivity index (χ0n) is 38.6. The van der Waals surface area contributed by atoms with Gasteiger partial charge in [-0.2, -0.15) is 0 Å². The van der Waals surface area contributed by atoms with Crippen LogP contribution in [-0.4, -0.2) is 0 Å². The molecular weight excluding hydrogens is 757 g/mol. The molecule has 0 fully saturated rings. The Morgan fingerprint density at radius 1 is 0.794 bits per heavy atom. The molecule has 3 aliphatic carbocycles. The molecule has 6 aromatic rings. The molecule has 0 aromatic heterocycles. The van der Waals surface area contributed by atoms with E-state index in [2.05, 4.69) is 211 Å². The van der Waals surface area contributed by atoms with Gasteiger partial charge in [-0.3, -0.25) is 0 Å². The van der Waals surface area contributed by atoms with Crippen molar-refractivity contribution < 1.29 is 0 Å². The molecule has 0 nitrogen and oxygen atoms in total. The summed E-state index contributed by atoms with van der Waals surface area (Å²) in [5.74, 6) is 1.21. The second-order valence-corrected chi connectivity index (χ2v) is 17.3. The third kappa shape index (κ3) is 8.49. The number of aryl methyl sites for hydroxylation is 1. The van der Waals surface area contributed by atoms with Crippen molar-refractivity contribution in [2.45, 2.75) is 86.5 Å². The van der Waals surface area contributed by atoms with E-state index in [1.807, 2.05) is 13.8 Å². The van der Waals surface area contributed by atoms with Crippen molar-refractivity contribution in [3.05, 3.63) is 220 Å². The summed E-state index contributed by atoms with van der Waals surface area (Å²) in [6, 6.07) is 41.4. The monoisotopic (exact) mass is 821 g/mol. The third-order valence-electron chi connectivity index (χ3n) is 13.7. The lowest BCUT2D eigenvalue weighted by Crippen LogP contribution is -2.15. The minimum Gasteiger partial charge on any atom is -0.0984 e. The Bertz CT molecular complexity index is 2930. The van der Waals surface area contributed by atoms with Crippen LogP contribution >= 0.6 is 0 Å². The van der Waals surface area contributed by atoms with Crippen LogP contribution in [0.25, 0.3) is 61.0 Å². The second kappa shape index (κ2) is 19.4. The molecule has 63 heavy (non-hydrogen) atoms. The van der Waals surface area contributed by atoms with E-state index in [1.54, 1.807) is 0 Å². The Hall–Kier alpha value is -6.24. The zero-order chi connectivity index (χ0) is 44.0. The Morgan fingerprint density at radius 2 is 1.49 bits per heavy atom. The average molecular weight is 821 g/mol. The van der Waals surface area contributed by atoms with Crippen molar-refractivity contribution in [3.63, 3.8) is 0 Å². The first-order valence-corrected chi connectivity index (χ1v) is 23.6. The van der Waals surface area contributed by atoms with E-state index < -0.39 is 0 Å². The Kier molecular flexibility index (Phi) is 13.4. The summed E-state index contributed by atoms with van der Waals surface area (Å²) in [5, 5.41) is 6.91. The SMILES string of the molecule is C=CC(/C(=C/C(C(/C=C\C)=C/C)c1ccc(-c2cccc(-c3ccc(-c4ccc5ccc6c7c(ccc4c57)CCC=6)cc3)c2)cc1)C1=CC(CC)C1)=C1/C=CCC(C)/C1=C/C.CC. The number of hydrogen-bond donors (Lipinski definition) is 0. The third-order valence-corrected chi connectivity index (χ3v) is 13.7. The molecule has 3 atom stereocenters. The van der Waals surface area contributed by atoms with Gasteiger partial charge in [0.15, 0.2) is 0 Å². The topological polar surface area (TPSA) is 0 Å². The van der Waals surface area contributed by atoms with E-state index >= 15 is 0 Å². The molecule has 0 spiro atoms. The number of hydrogen-bond acceptors (Lipinski definition) is 0. The Labute approximate surface area is 377 Å². The molecule has 3 aliphatic rings. The van der Waals surface area contributed by atoms with Gasteiger partial charge in [0.25, 0.3) is 0 Å². The fourth-order valence-corrected chi connectivity index (χ4v) is 10.3. The molecule has 316 valence electrons. The summed E-state index contributed by atoms with van der Waals surface area (Å²) < 4.78 is 0. The van der Waals surface area contributed by atoms with Gasteiger partial charge >= 0.3 is 0 Å². The summed E-state index contributed by atoms with van der Waals surface area (Å²) in [7, 11) is 0. The maximum absolute atomic E-state index is 4.42. The molecule has 0 bridgehead atoms. The van der Waals surface area contributed by atoms with Crippen LogP contribution in [0.1, 0.15) is 91.2 Å². The summed E-state index contributed by atoms with van der Waals surface area (Å²) in [4.78, 5) is 0. The van der Waals surface area contributed by atoms with Crippen LogP contribution in [0.2, 0.25) is 0 Å². The fourth-order valence-electron chi connectivity index (χ4n) is 10.3. The standard InChI is InChI=1S/C61H58.C2H6/c1-7-15-42(9-3)58(39-59(52-36-41(8-2)37-52)54(11-5)56-21-12-16-40(6)53(56)10-4)46-28-24-44(25-29-46)51-20-14-19-50(38-51)43-22-26-45(27-23-43)55-34-32-49-31-30-47-17-13-18-48-33-35-57(55)61(49)60(47)48;1-2/h7,9-12,14-15,17,19-36,38-41,58H,5,8,13,16,18,37H2,1-4,6H3;1-2H3/b15-7-,42-9+,53-10-,56-54+,59-39+;. The first-order chi connectivity index (χ1) is 30.9. The van der Waals surface area contributed by atoms with Crippen molar-refractivity contribution in [3.8, 4) is 33.4 Å². The highest BCUT2D eigenvalue weighted by atomic mass is 14.3. The molecule has 6 aromatic carbocycles. The Morgan fingerprint density at radius 3 is 2.16 bits per heavy atom. The molecule has 0 heterocycles. The van der Waals surface area contributed by atoms with Crippen LogP contribution in [0.15, 0.2) is 204 Å². The lowest BCUT2D eigenvalue weighted by molar-refractivity contribution is 0.565. The van der Waals surface area contributed by atoms with Crippen LogP contribution < -0.4 is 5.22 Å². The minimum absolute atomic E-state index is 0.0860. The molecule has 0 radical (unpaired) electrons. The van der Waals surface area contributed by atoms with Gasteiger partial charge in [-0.05, 0) is 175 Å². The largest absolute Gasteiger partial charge is 0.0984 e. The van der Waals surface area contributed by atoms with Crippen LogP contribution in [0.5, 0.6) is 0 Å².